The lowest BCUT2D eigenvalue weighted by atomic mass is 10.2. The minimum Gasteiger partial charge on any atom is -0.489 e. The first-order valence-corrected chi connectivity index (χ1v) is 9.46. The van der Waals surface area contributed by atoms with E-state index in [2.05, 4.69) is 9.71 Å². The smallest absolute Gasteiger partial charge is 0.325 e. The van der Waals surface area contributed by atoms with Crippen LogP contribution in [0.2, 0.25) is 0 Å². The number of aromatic nitrogens is 2. The molecule has 0 aliphatic carbocycles. The maximum Gasteiger partial charge on any atom is 0.325 e. The first-order valence-electron chi connectivity index (χ1n) is 7.98. The number of aromatic amines is 2. The third-order valence-electron chi connectivity index (χ3n) is 3.70. The summed E-state index contributed by atoms with van der Waals surface area (Å²) < 4.78 is 32.9. The minimum atomic E-state index is -4.16. The fourth-order valence-electron chi connectivity index (χ4n) is 2.48. The highest BCUT2D eigenvalue weighted by Crippen LogP contribution is 2.19. The van der Waals surface area contributed by atoms with Crippen molar-refractivity contribution >= 4 is 15.7 Å². The normalized spacial score (nSPS) is 11.1. The molecule has 0 aliphatic rings. The largest absolute Gasteiger partial charge is 0.489 e. The topological polar surface area (TPSA) is 121 Å². The summed E-state index contributed by atoms with van der Waals surface area (Å²) in [5.41, 5.74) is -0.524. The van der Waals surface area contributed by atoms with Crippen molar-refractivity contribution in [2.75, 3.05) is 4.72 Å². The average Bonchev–Trinajstić information content (AvgIpc) is 2.60. The Labute approximate surface area is 154 Å². The van der Waals surface area contributed by atoms with Gasteiger partial charge in [0.05, 0.1) is 0 Å². The number of aryl methyl sites for hydroxylation is 1. The molecule has 0 saturated carbocycles. The average molecular weight is 387 g/mol. The molecule has 3 rings (SSSR count). The quantitative estimate of drug-likeness (QED) is 0.595. The Hall–Kier alpha value is -3.33. The van der Waals surface area contributed by atoms with E-state index in [4.69, 9.17) is 4.74 Å². The van der Waals surface area contributed by atoms with Crippen LogP contribution in [-0.4, -0.2) is 18.4 Å². The predicted molar refractivity (Wildman–Crippen MR) is 100 cm³/mol. The van der Waals surface area contributed by atoms with Crippen LogP contribution >= 0.6 is 0 Å². The third kappa shape index (κ3) is 4.45. The Morgan fingerprint density at radius 2 is 1.63 bits per heavy atom. The lowest BCUT2D eigenvalue weighted by Gasteiger charge is -2.10. The summed E-state index contributed by atoms with van der Waals surface area (Å²) in [6.45, 7) is 1.73. The zero-order valence-corrected chi connectivity index (χ0v) is 15.2. The highest BCUT2D eigenvalue weighted by atomic mass is 32.2. The molecule has 0 atom stereocenters. The SMILES string of the molecule is Cc1[nH]c(=O)[nH]c(=O)c1S(=O)(=O)Nc1ccc(OCc2ccccc2)cc1. The number of sulfonamides is 1. The molecule has 3 aromatic rings. The fraction of sp³-hybridized carbons (Fsp3) is 0.111. The van der Waals surface area contributed by atoms with Crippen LogP contribution in [0.25, 0.3) is 0 Å². The number of ether oxygens (including phenoxy) is 1. The van der Waals surface area contributed by atoms with Gasteiger partial charge >= 0.3 is 5.69 Å². The van der Waals surface area contributed by atoms with Crippen molar-refractivity contribution in [3.63, 3.8) is 0 Å². The molecule has 3 N–H and O–H groups in total. The molecular weight excluding hydrogens is 370 g/mol. The van der Waals surface area contributed by atoms with Gasteiger partial charge in [-0.05, 0) is 36.8 Å². The number of H-pyrrole nitrogens is 2. The van der Waals surface area contributed by atoms with Gasteiger partial charge in [-0.2, -0.15) is 0 Å². The van der Waals surface area contributed by atoms with Crippen LogP contribution in [0.5, 0.6) is 5.75 Å². The second-order valence-corrected chi connectivity index (χ2v) is 7.39. The molecule has 0 aliphatic heterocycles. The van der Waals surface area contributed by atoms with Crippen molar-refractivity contribution in [2.24, 2.45) is 0 Å². The first-order chi connectivity index (χ1) is 12.8. The summed E-state index contributed by atoms with van der Waals surface area (Å²) in [4.78, 5) is 26.7. The summed E-state index contributed by atoms with van der Waals surface area (Å²) in [6, 6.07) is 15.9. The van der Waals surface area contributed by atoms with Gasteiger partial charge in [0.25, 0.3) is 15.6 Å². The van der Waals surface area contributed by atoms with Gasteiger partial charge in [-0.25, -0.2) is 13.2 Å². The monoisotopic (exact) mass is 387 g/mol. The van der Waals surface area contributed by atoms with E-state index in [1.807, 2.05) is 35.3 Å². The van der Waals surface area contributed by atoms with Crippen molar-refractivity contribution in [1.82, 2.24) is 9.97 Å². The van der Waals surface area contributed by atoms with Gasteiger partial charge in [0, 0.05) is 11.4 Å². The van der Waals surface area contributed by atoms with E-state index in [-0.39, 0.29) is 11.4 Å². The lowest BCUT2D eigenvalue weighted by molar-refractivity contribution is 0.306. The summed E-state index contributed by atoms with van der Waals surface area (Å²) in [5.74, 6) is 0.569. The number of benzene rings is 2. The molecule has 0 spiro atoms. The van der Waals surface area contributed by atoms with Crippen molar-refractivity contribution in [2.45, 2.75) is 18.4 Å². The first kappa shape index (κ1) is 18.5. The number of hydrogen-bond donors (Lipinski definition) is 3. The second-order valence-electron chi connectivity index (χ2n) is 5.77. The van der Waals surface area contributed by atoms with Gasteiger partial charge in [-0.15, -0.1) is 0 Å². The molecule has 1 heterocycles. The Balaban J connectivity index is 1.74. The van der Waals surface area contributed by atoms with E-state index < -0.39 is 26.2 Å². The summed E-state index contributed by atoms with van der Waals surface area (Å²) in [6.07, 6.45) is 0. The van der Waals surface area contributed by atoms with Crippen molar-refractivity contribution < 1.29 is 13.2 Å². The molecular formula is C18H17N3O5S. The number of rotatable bonds is 6. The standard InChI is InChI=1S/C18H17N3O5S/c1-12-16(17(22)20-18(23)19-12)27(24,25)21-14-7-9-15(10-8-14)26-11-13-5-3-2-4-6-13/h2-10,21H,11H2,1H3,(H2,19,20,22,23). The minimum absolute atomic E-state index is 0.0425. The summed E-state index contributed by atoms with van der Waals surface area (Å²) in [7, 11) is -4.16. The Bertz CT molecular complexity index is 1150. The molecule has 140 valence electrons. The van der Waals surface area contributed by atoms with Crippen LogP contribution in [0.1, 0.15) is 11.3 Å². The van der Waals surface area contributed by atoms with Crippen LogP contribution in [0.15, 0.2) is 69.1 Å². The van der Waals surface area contributed by atoms with E-state index in [1.165, 1.54) is 19.1 Å². The van der Waals surface area contributed by atoms with E-state index >= 15 is 0 Å². The molecule has 0 unspecified atom stereocenters. The van der Waals surface area contributed by atoms with E-state index in [1.54, 1.807) is 12.1 Å². The molecule has 2 aromatic carbocycles. The van der Waals surface area contributed by atoms with Gasteiger partial charge in [0.1, 0.15) is 12.4 Å². The highest BCUT2D eigenvalue weighted by molar-refractivity contribution is 7.92. The van der Waals surface area contributed by atoms with Gasteiger partial charge in [-0.1, -0.05) is 30.3 Å². The molecule has 9 heteroatoms. The van der Waals surface area contributed by atoms with Crippen molar-refractivity contribution in [3.8, 4) is 5.75 Å². The molecule has 1 aromatic heterocycles. The molecule has 0 radical (unpaired) electrons. The van der Waals surface area contributed by atoms with Crippen LogP contribution in [-0.2, 0) is 16.6 Å². The van der Waals surface area contributed by atoms with Gasteiger partial charge in [-0.3, -0.25) is 14.5 Å². The third-order valence-corrected chi connectivity index (χ3v) is 5.23. The lowest BCUT2D eigenvalue weighted by Crippen LogP contribution is -2.31. The zero-order chi connectivity index (χ0) is 19.4. The second kappa shape index (κ2) is 7.50. The van der Waals surface area contributed by atoms with Crippen LogP contribution < -0.4 is 20.7 Å². The van der Waals surface area contributed by atoms with E-state index in [0.717, 1.165) is 5.56 Å². The maximum absolute atomic E-state index is 12.5. The van der Waals surface area contributed by atoms with Gasteiger partial charge in [0.2, 0.25) is 0 Å². The Morgan fingerprint density at radius 1 is 0.963 bits per heavy atom. The zero-order valence-electron chi connectivity index (χ0n) is 14.4. The molecule has 27 heavy (non-hydrogen) atoms. The van der Waals surface area contributed by atoms with Crippen LogP contribution in [0, 0.1) is 6.92 Å². The van der Waals surface area contributed by atoms with Gasteiger partial charge in [0.15, 0.2) is 4.90 Å². The Kier molecular flexibility index (Phi) is 5.13. The van der Waals surface area contributed by atoms with Gasteiger partial charge < -0.3 is 9.72 Å². The maximum atomic E-state index is 12.5. The number of nitrogens with one attached hydrogen (secondary N) is 3. The number of hydrogen-bond acceptors (Lipinski definition) is 5. The summed E-state index contributed by atoms with van der Waals surface area (Å²) in [5, 5.41) is 0. The van der Waals surface area contributed by atoms with E-state index in [0.29, 0.717) is 12.4 Å². The predicted octanol–water partition coefficient (Wildman–Crippen LogP) is 1.75. The molecule has 8 nitrogen and oxygen atoms in total. The van der Waals surface area contributed by atoms with E-state index in [9.17, 15) is 18.0 Å². The Morgan fingerprint density at radius 3 is 2.26 bits per heavy atom. The molecule has 0 amide bonds. The van der Waals surface area contributed by atoms with Crippen molar-refractivity contribution in [1.29, 1.82) is 0 Å². The summed E-state index contributed by atoms with van der Waals surface area (Å²) >= 11 is 0. The molecule has 0 bridgehead atoms. The van der Waals surface area contributed by atoms with Crippen LogP contribution in [0.4, 0.5) is 5.69 Å². The molecule has 0 saturated heterocycles. The highest BCUT2D eigenvalue weighted by Gasteiger charge is 2.22. The fourth-order valence-corrected chi connectivity index (χ4v) is 3.78. The molecule has 0 fully saturated rings. The number of anilines is 1. The van der Waals surface area contributed by atoms with Crippen molar-refractivity contribution in [3.05, 3.63) is 86.7 Å². The van der Waals surface area contributed by atoms with Crippen LogP contribution in [0.3, 0.4) is 0 Å².